The van der Waals surface area contributed by atoms with Crippen molar-refractivity contribution in [3.63, 3.8) is 0 Å². The van der Waals surface area contributed by atoms with Crippen molar-refractivity contribution in [3.8, 4) is 5.75 Å². The molecule has 0 radical (unpaired) electrons. The molecule has 152 valence electrons. The lowest BCUT2D eigenvalue weighted by molar-refractivity contribution is -0.113. The second-order valence-electron chi connectivity index (χ2n) is 6.41. The van der Waals surface area contributed by atoms with Crippen LogP contribution in [0.25, 0.3) is 0 Å². The second kappa shape index (κ2) is 9.41. The number of rotatable bonds is 7. The van der Waals surface area contributed by atoms with Crippen molar-refractivity contribution in [2.45, 2.75) is 25.6 Å². The van der Waals surface area contributed by atoms with Crippen LogP contribution in [0.3, 0.4) is 0 Å². The maximum atomic E-state index is 13.8. The van der Waals surface area contributed by atoms with Crippen LogP contribution >= 0.6 is 27.7 Å². The molecule has 0 atom stereocenters. The number of nitrogens with one attached hydrogen (secondary N) is 1. The maximum absolute atomic E-state index is 13.8. The molecule has 0 aliphatic carbocycles. The zero-order valence-corrected chi connectivity index (χ0v) is 18.6. The Balaban J connectivity index is 1.56. The summed E-state index contributed by atoms with van der Waals surface area (Å²) in [7, 11) is 1.82. The number of thioether (sulfide) groups is 1. The predicted octanol–water partition coefficient (Wildman–Crippen LogP) is 4.64. The first kappa shape index (κ1) is 21.3. The Hall–Kier alpha value is -2.39. The Kier molecular flexibility index (Phi) is 6.92. The summed E-state index contributed by atoms with van der Waals surface area (Å²) in [6.07, 6.45) is 0. The van der Waals surface area contributed by atoms with Crippen molar-refractivity contribution in [1.82, 2.24) is 14.8 Å². The van der Waals surface area contributed by atoms with Crippen molar-refractivity contribution in [3.05, 3.63) is 63.6 Å². The minimum atomic E-state index is -0.498. The van der Waals surface area contributed by atoms with Crippen molar-refractivity contribution in [2.75, 3.05) is 11.1 Å². The van der Waals surface area contributed by atoms with Gasteiger partial charge in [-0.15, -0.1) is 10.2 Å². The number of benzene rings is 2. The van der Waals surface area contributed by atoms with Crippen LogP contribution in [-0.4, -0.2) is 26.4 Å². The van der Waals surface area contributed by atoms with Crippen molar-refractivity contribution >= 4 is 39.3 Å². The van der Waals surface area contributed by atoms with E-state index in [9.17, 15) is 9.18 Å². The molecule has 29 heavy (non-hydrogen) atoms. The monoisotopic (exact) mass is 478 g/mol. The highest BCUT2D eigenvalue weighted by atomic mass is 79.9. The van der Waals surface area contributed by atoms with E-state index < -0.39 is 5.82 Å². The van der Waals surface area contributed by atoms with Gasteiger partial charge in [-0.2, -0.15) is 0 Å². The number of amides is 1. The van der Waals surface area contributed by atoms with E-state index in [4.69, 9.17) is 4.74 Å². The van der Waals surface area contributed by atoms with Crippen LogP contribution in [-0.2, 0) is 18.4 Å². The molecule has 0 spiro atoms. The number of carbonyl (C=O) groups excluding carboxylic acids is 1. The Morgan fingerprint density at radius 3 is 2.83 bits per heavy atom. The van der Waals surface area contributed by atoms with E-state index in [1.54, 1.807) is 10.6 Å². The first-order valence-corrected chi connectivity index (χ1v) is 10.6. The van der Waals surface area contributed by atoms with Crippen molar-refractivity contribution in [2.24, 2.45) is 7.05 Å². The summed E-state index contributed by atoms with van der Waals surface area (Å²) in [5, 5.41) is 11.4. The van der Waals surface area contributed by atoms with E-state index in [-0.39, 0.29) is 24.0 Å². The number of hydrogen-bond acceptors (Lipinski definition) is 5. The predicted molar refractivity (Wildman–Crippen MR) is 115 cm³/mol. The molecule has 0 saturated heterocycles. The molecule has 0 aliphatic rings. The van der Waals surface area contributed by atoms with Crippen LogP contribution in [0.15, 0.2) is 46.0 Å². The number of carbonyl (C=O) groups is 1. The SMILES string of the molecule is Cc1cccc(OCc2nnc(SCC(=O)Nc3ccc(Br)cc3F)n2C)c1C. The third kappa shape index (κ3) is 5.36. The van der Waals surface area contributed by atoms with Crippen LogP contribution in [0.4, 0.5) is 10.1 Å². The van der Waals surface area contributed by atoms with E-state index in [0.29, 0.717) is 15.5 Å². The largest absolute Gasteiger partial charge is 0.485 e. The maximum Gasteiger partial charge on any atom is 0.234 e. The van der Waals surface area contributed by atoms with Gasteiger partial charge in [0.2, 0.25) is 5.91 Å². The number of aromatic nitrogens is 3. The Bertz CT molecular complexity index is 1040. The molecule has 6 nitrogen and oxygen atoms in total. The zero-order chi connectivity index (χ0) is 21.0. The minimum absolute atomic E-state index is 0.0827. The van der Waals surface area contributed by atoms with Crippen LogP contribution in [0, 0.1) is 19.7 Å². The van der Waals surface area contributed by atoms with Gasteiger partial charge in [0.1, 0.15) is 18.2 Å². The molecule has 3 rings (SSSR count). The van der Waals surface area contributed by atoms with Gasteiger partial charge in [-0.3, -0.25) is 4.79 Å². The molecule has 0 fully saturated rings. The molecule has 1 amide bonds. The molecule has 0 unspecified atom stereocenters. The van der Waals surface area contributed by atoms with Gasteiger partial charge in [-0.1, -0.05) is 39.8 Å². The Labute approximate surface area is 181 Å². The van der Waals surface area contributed by atoms with Crippen molar-refractivity contribution in [1.29, 1.82) is 0 Å². The topological polar surface area (TPSA) is 69.0 Å². The summed E-state index contributed by atoms with van der Waals surface area (Å²) in [5.74, 6) is 0.708. The summed E-state index contributed by atoms with van der Waals surface area (Å²) in [5.41, 5.74) is 2.38. The number of halogens is 2. The highest BCUT2D eigenvalue weighted by Gasteiger charge is 2.14. The average molecular weight is 479 g/mol. The van der Waals surface area contributed by atoms with Gasteiger partial charge in [0, 0.05) is 11.5 Å². The smallest absolute Gasteiger partial charge is 0.234 e. The molecule has 0 bridgehead atoms. The molecular weight excluding hydrogens is 459 g/mol. The molecule has 3 aromatic rings. The summed E-state index contributed by atoms with van der Waals surface area (Å²) < 4.78 is 22.1. The number of anilines is 1. The van der Waals surface area contributed by atoms with Gasteiger partial charge in [-0.25, -0.2) is 4.39 Å². The van der Waals surface area contributed by atoms with Crippen LogP contribution < -0.4 is 10.1 Å². The molecule has 0 saturated carbocycles. The van der Waals surface area contributed by atoms with Gasteiger partial charge < -0.3 is 14.6 Å². The van der Waals surface area contributed by atoms with Gasteiger partial charge in [0.15, 0.2) is 11.0 Å². The fourth-order valence-corrected chi connectivity index (χ4v) is 3.59. The third-order valence-corrected chi connectivity index (χ3v) is 5.89. The first-order valence-electron chi connectivity index (χ1n) is 8.80. The molecule has 1 N–H and O–H groups in total. The fraction of sp³-hybridized carbons (Fsp3) is 0.250. The zero-order valence-electron chi connectivity index (χ0n) is 16.2. The molecule has 9 heteroatoms. The first-order chi connectivity index (χ1) is 13.8. The van der Waals surface area contributed by atoms with Crippen LogP contribution in [0.5, 0.6) is 5.75 Å². The Morgan fingerprint density at radius 2 is 2.07 bits per heavy atom. The summed E-state index contributed by atoms with van der Waals surface area (Å²) in [4.78, 5) is 12.1. The molecule has 2 aromatic carbocycles. The number of aryl methyl sites for hydroxylation is 1. The highest BCUT2D eigenvalue weighted by molar-refractivity contribution is 9.10. The van der Waals surface area contributed by atoms with E-state index in [2.05, 4.69) is 31.4 Å². The second-order valence-corrected chi connectivity index (χ2v) is 8.26. The number of hydrogen-bond donors (Lipinski definition) is 1. The van der Waals surface area contributed by atoms with E-state index in [1.807, 2.05) is 39.1 Å². The molecule has 1 aromatic heterocycles. The van der Waals surface area contributed by atoms with Crippen molar-refractivity contribution < 1.29 is 13.9 Å². The molecule has 0 aliphatic heterocycles. The van der Waals surface area contributed by atoms with Gasteiger partial charge in [-0.05, 0) is 49.2 Å². The van der Waals surface area contributed by atoms with E-state index >= 15 is 0 Å². The Morgan fingerprint density at radius 1 is 1.28 bits per heavy atom. The summed E-state index contributed by atoms with van der Waals surface area (Å²) in [6, 6.07) is 10.4. The molecular formula is C20H20BrFN4O2S. The third-order valence-electron chi connectivity index (χ3n) is 4.37. The number of ether oxygens (including phenoxy) is 1. The highest BCUT2D eigenvalue weighted by Crippen LogP contribution is 2.23. The summed E-state index contributed by atoms with van der Waals surface area (Å²) in [6.45, 7) is 4.31. The fourth-order valence-electron chi connectivity index (χ4n) is 2.53. The van der Waals surface area contributed by atoms with Crippen LogP contribution in [0.1, 0.15) is 17.0 Å². The minimum Gasteiger partial charge on any atom is -0.485 e. The lowest BCUT2D eigenvalue weighted by Crippen LogP contribution is -2.15. The van der Waals surface area contributed by atoms with Gasteiger partial charge in [0.25, 0.3) is 0 Å². The lowest BCUT2D eigenvalue weighted by atomic mass is 10.1. The van der Waals surface area contributed by atoms with Gasteiger partial charge in [0.05, 0.1) is 11.4 Å². The lowest BCUT2D eigenvalue weighted by Gasteiger charge is -2.10. The quantitative estimate of drug-likeness (QED) is 0.500. The molecule has 1 heterocycles. The van der Waals surface area contributed by atoms with Gasteiger partial charge >= 0.3 is 0 Å². The summed E-state index contributed by atoms with van der Waals surface area (Å²) >= 11 is 4.41. The van der Waals surface area contributed by atoms with E-state index in [0.717, 1.165) is 16.9 Å². The van der Waals surface area contributed by atoms with Crippen LogP contribution in [0.2, 0.25) is 0 Å². The normalized spacial score (nSPS) is 10.8. The standard InChI is InChI=1S/C20H20BrFN4O2S/c1-12-5-4-6-17(13(12)2)28-10-18-24-25-20(26(18)3)29-11-19(27)23-16-8-7-14(21)9-15(16)22/h4-9H,10-11H2,1-3H3,(H,23,27). The average Bonchev–Trinajstić information content (AvgIpc) is 3.03. The number of nitrogens with zero attached hydrogens (tertiary/aromatic N) is 3. The van der Waals surface area contributed by atoms with E-state index in [1.165, 1.54) is 23.9 Å².